The number of hydrogen-bond donors (Lipinski definition) is 1. The summed E-state index contributed by atoms with van der Waals surface area (Å²) in [5.74, 6) is 0. The highest BCUT2D eigenvalue weighted by Gasteiger charge is 2.06. The van der Waals surface area contributed by atoms with Crippen LogP contribution in [0.3, 0.4) is 0 Å². The van der Waals surface area contributed by atoms with Crippen LogP contribution in [0.5, 0.6) is 0 Å². The van der Waals surface area contributed by atoms with Gasteiger partial charge in [-0.25, -0.2) is 9.97 Å². The molecule has 0 aliphatic carbocycles. The Balaban J connectivity index is 2.08. The number of aliphatic hydroxyl groups is 1. The SMILES string of the molecule is CCC(O)c1ccc(Sc2ccncn2)cn1. The molecule has 2 aromatic rings. The molecule has 1 N–H and O–H groups in total. The maximum Gasteiger partial charge on any atom is 0.116 e. The van der Waals surface area contributed by atoms with Crippen molar-refractivity contribution in [2.45, 2.75) is 29.4 Å². The third kappa shape index (κ3) is 3.25. The second-order valence-electron chi connectivity index (χ2n) is 3.49. The Bertz CT molecular complexity index is 461. The van der Waals surface area contributed by atoms with Crippen molar-refractivity contribution in [3.63, 3.8) is 0 Å². The van der Waals surface area contributed by atoms with Crippen LogP contribution in [-0.4, -0.2) is 20.1 Å². The van der Waals surface area contributed by atoms with Gasteiger partial charge < -0.3 is 5.11 Å². The second-order valence-corrected chi connectivity index (χ2v) is 4.59. The van der Waals surface area contributed by atoms with Crippen molar-refractivity contribution in [1.29, 1.82) is 0 Å². The van der Waals surface area contributed by atoms with E-state index >= 15 is 0 Å². The normalized spacial score (nSPS) is 12.4. The van der Waals surface area contributed by atoms with Crippen LogP contribution in [0.4, 0.5) is 0 Å². The predicted octanol–water partition coefficient (Wildman–Crippen LogP) is 2.47. The highest BCUT2D eigenvalue weighted by molar-refractivity contribution is 7.99. The van der Waals surface area contributed by atoms with E-state index in [2.05, 4.69) is 15.0 Å². The molecule has 0 aliphatic rings. The lowest BCUT2D eigenvalue weighted by Gasteiger charge is -2.07. The van der Waals surface area contributed by atoms with Crippen LogP contribution in [0.2, 0.25) is 0 Å². The zero-order valence-corrected chi connectivity index (χ0v) is 10.3. The van der Waals surface area contributed by atoms with Crippen molar-refractivity contribution in [2.24, 2.45) is 0 Å². The van der Waals surface area contributed by atoms with Crippen molar-refractivity contribution in [3.05, 3.63) is 42.6 Å². The molecule has 0 aromatic carbocycles. The van der Waals surface area contributed by atoms with Gasteiger partial charge in [-0.15, -0.1) is 0 Å². The zero-order chi connectivity index (χ0) is 12.1. The van der Waals surface area contributed by atoms with E-state index in [1.165, 1.54) is 18.1 Å². The quantitative estimate of drug-likeness (QED) is 0.841. The van der Waals surface area contributed by atoms with E-state index in [0.717, 1.165) is 9.92 Å². The molecule has 0 saturated heterocycles. The Morgan fingerprint density at radius 3 is 2.76 bits per heavy atom. The number of rotatable bonds is 4. The first kappa shape index (κ1) is 12.0. The summed E-state index contributed by atoms with van der Waals surface area (Å²) in [5.41, 5.74) is 0.708. The van der Waals surface area contributed by atoms with Crippen molar-refractivity contribution < 1.29 is 5.11 Å². The fourth-order valence-corrected chi connectivity index (χ4v) is 2.03. The van der Waals surface area contributed by atoms with E-state index in [-0.39, 0.29) is 0 Å². The molecule has 0 saturated carbocycles. The highest BCUT2D eigenvalue weighted by Crippen LogP contribution is 2.25. The fraction of sp³-hybridized carbons (Fsp3) is 0.250. The van der Waals surface area contributed by atoms with E-state index in [1.807, 2.05) is 25.1 Å². The third-order valence-corrected chi connectivity index (χ3v) is 3.19. The summed E-state index contributed by atoms with van der Waals surface area (Å²) < 4.78 is 0. The lowest BCUT2D eigenvalue weighted by atomic mass is 10.2. The second kappa shape index (κ2) is 5.75. The highest BCUT2D eigenvalue weighted by atomic mass is 32.2. The molecular formula is C12H13N3OS. The van der Waals surface area contributed by atoms with Gasteiger partial charge in [0.1, 0.15) is 11.4 Å². The minimum atomic E-state index is -0.479. The number of pyridine rings is 1. The Hall–Kier alpha value is -1.46. The molecule has 0 bridgehead atoms. The minimum Gasteiger partial charge on any atom is -0.387 e. The minimum absolute atomic E-state index is 0.479. The van der Waals surface area contributed by atoms with Crippen LogP contribution in [0.1, 0.15) is 25.1 Å². The van der Waals surface area contributed by atoms with Crippen LogP contribution in [0.25, 0.3) is 0 Å². The van der Waals surface area contributed by atoms with Crippen molar-refractivity contribution in [1.82, 2.24) is 15.0 Å². The number of hydrogen-bond acceptors (Lipinski definition) is 5. The lowest BCUT2D eigenvalue weighted by Crippen LogP contribution is -1.97. The first-order valence-electron chi connectivity index (χ1n) is 5.37. The molecule has 1 unspecified atom stereocenters. The summed E-state index contributed by atoms with van der Waals surface area (Å²) in [6.07, 6.45) is 5.17. The van der Waals surface area contributed by atoms with Gasteiger partial charge in [0.15, 0.2) is 0 Å². The molecular weight excluding hydrogens is 234 g/mol. The number of aromatic nitrogens is 3. The molecule has 0 aliphatic heterocycles. The number of aliphatic hydroxyl groups excluding tert-OH is 1. The topological polar surface area (TPSA) is 58.9 Å². The summed E-state index contributed by atoms with van der Waals surface area (Å²) in [6, 6.07) is 5.63. The maximum atomic E-state index is 9.62. The van der Waals surface area contributed by atoms with E-state index in [1.54, 1.807) is 12.4 Å². The van der Waals surface area contributed by atoms with E-state index in [0.29, 0.717) is 12.1 Å². The Labute approximate surface area is 104 Å². The summed E-state index contributed by atoms with van der Waals surface area (Å²) in [6.45, 7) is 1.93. The summed E-state index contributed by atoms with van der Waals surface area (Å²) in [5, 5.41) is 10.5. The average Bonchev–Trinajstić information content (AvgIpc) is 2.40. The van der Waals surface area contributed by atoms with Crippen LogP contribution < -0.4 is 0 Å². The Kier molecular flexibility index (Phi) is 4.06. The monoisotopic (exact) mass is 247 g/mol. The van der Waals surface area contributed by atoms with Gasteiger partial charge in [0.2, 0.25) is 0 Å². The molecule has 0 fully saturated rings. The van der Waals surface area contributed by atoms with Gasteiger partial charge in [-0.1, -0.05) is 18.7 Å². The van der Waals surface area contributed by atoms with Crippen LogP contribution in [0.15, 0.2) is 46.8 Å². The third-order valence-electron chi connectivity index (χ3n) is 2.26. The van der Waals surface area contributed by atoms with Gasteiger partial charge in [-0.05, 0) is 24.6 Å². The van der Waals surface area contributed by atoms with Crippen molar-refractivity contribution in [3.8, 4) is 0 Å². The molecule has 5 heteroatoms. The Morgan fingerprint density at radius 2 is 2.18 bits per heavy atom. The Morgan fingerprint density at radius 1 is 1.29 bits per heavy atom. The standard InChI is InChI=1S/C12H13N3OS/c1-2-11(16)10-4-3-9(7-14-10)17-12-5-6-13-8-15-12/h3-8,11,16H,2H2,1H3. The first-order chi connectivity index (χ1) is 8.29. The van der Waals surface area contributed by atoms with Gasteiger partial charge in [0.25, 0.3) is 0 Å². The lowest BCUT2D eigenvalue weighted by molar-refractivity contribution is 0.169. The fourth-order valence-electron chi connectivity index (χ4n) is 1.32. The van der Waals surface area contributed by atoms with Crippen LogP contribution in [-0.2, 0) is 0 Å². The maximum absolute atomic E-state index is 9.62. The first-order valence-corrected chi connectivity index (χ1v) is 6.19. The molecule has 0 amide bonds. The van der Waals surface area contributed by atoms with Crippen molar-refractivity contribution in [2.75, 3.05) is 0 Å². The van der Waals surface area contributed by atoms with Crippen molar-refractivity contribution >= 4 is 11.8 Å². The predicted molar refractivity (Wildman–Crippen MR) is 65.6 cm³/mol. The van der Waals surface area contributed by atoms with Gasteiger partial charge >= 0.3 is 0 Å². The molecule has 2 rings (SSSR count). The van der Waals surface area contributed by atoms with Gasteiger partial charge in [0.05, 0.1) is 11.8 Å². The zero-order valence-electron chi connectivity index (χ0n) is 9.45. The molecule has 2 heterocycles. The average molecular weight is 247 g/mol. The largest absolute Gasteiger partial charge is 0.387 e. The summed E-state index contributed by atoms with van der Waals surface area (Å²) in [7, 11) is 0. The molecule has 4 nitrogen and oxygen atoms in total. The van der Waals surface area contributed by atoms with Gasteiger partial charge in [-0.2, -0.15) is 0 Å². The van der Waals surface area contributed by atoms with Crippen LogP contribution >= 0.6 is 11.8 Å². The van der Waals surface area contributed by atoms with E-state index in [4.69, 9.17) is 0 Å². The molecule has 17 heavy (non-hydrogen) atoms. The summed E-state index contributed by atoms with van der Waals surface area (Å²) in [4.78, 5) is 13.2. The van der Waals surface area contributed by atoms with E-state index < -0.39 is 6.10 Å². The van der Waals surface area contributed by atoms with Crippen LogP contribution in [0, 0.1) is 0 Å². The molecule has 88 valence electrons. The molecule has 0 radical (unpaired) electrons. The summed E-state index contributed by atoms with van der Waals surface area (Å²) >= 11 is 1.52. The molecule has 1 atom stereocenters. The smallest absolute Gasteiger partial charge is 0.116 e. The van der Waals surface area contributed by atoms with E-state index in [9.17, 15) is 5.11 Å². The van der Waals surface area contributed by atoms with Gasteiger partial charge in [0, 0.05) is 17.3 Å². The number of nitrogens with zero attached hydrogens (tertiary/aromatic N) is 3. The van der Waals surface area contributed by atoms with Gasteiger partial charge in [-0.3, -0.25) is 4.98 Å². The molecule has 2 aromatic heterocycles. The molecule has 0 spiro atoms.